The molecular weight excluding hydrogens is 244 g/mol. The van der Waals surface area contributed by atoms with Crippen LogP contribution in [0.3, 0.4) is 0 Å². The highest BCUT2D eigenvalue weighted by Crippen LogP contribution is 2.21. The Morgan fingerprint density at radius 2 is 2.26 bits per heavy atom. The van der Waals surface area contributed by atoms with E-state index in [0.29, 0.717) is 26.1 Å². The van der Waals surface area contributed by atoms with Gasteiger partial charge in [-0.3, -0.25) is 4.68 Å². The summed E-state index contributed by atoms with van der Waals surface area (Å²) in [6.07, 6.45) is 3.71. The number of rotatable bonds is 6. The summed E-state index contributed by atoms with van der Waals surface area (Å²) in [5.41, 5.74) is 0.782. The van der Waals surface area contributed by atoms with Crippen molar-refractivity contribution in [1.82, 2.24) is 19.7 Å². The molecule has 0 unspecified atom stereocenters. The third-order valence-electron chi connectivity index (χ3n) is 2.87. The number of anilines is 1. The Bertz CT molecular complexity index is 587. The fourth-order valence-electron chi connectivity index (χ4n) is 1.91. The third kappa shape index (κ3) is 2.80. The molecule has 0 aromatic carbocycles. The van der Waals surface area contributed by atoms with Crippen LogP contribution in [0, 0.1) is 11.3 Å². The number of hydrogen-bond donors (Lipinski definition) is 0. The highest BCUT2D eigenvalue weighted by atomic mass is 16.5. The van der Waals surface area contributed by atoms with Crippen LogP contribution in [0.1, 0.15) is 6.42 Å². The number of aromatic nitrogens is 4. The predicted molar refractivity (Wildman–Crippen MR) is 70.6 cm³/mol. The molecule has 0 saturated carbocycles. The molecule has 0 amide bonds. The zero-order valence-corrected chi connectivity index (χ0v) is 11.1. The summed E-state index contributed by atoms with van der Waals surface area (Å²) in [5.74, 6) is 0.797. The van der Waals surface area contributed by atoms with Crippen molar-refractivity contribution in [3.8, 4) is 6.07 Å². The molecule has 0 N–H and O–H groups in total. The van der Waals surface area contributed by atoms with Gasteiger partial charge in [0.1, 0.15) is 12.1 Å². The van der Waals surface area contributed by atoms with Gasteiger partial charge in [0, 0.05) is 27.2 Å². The van der Waals surface area contributed by atoms with Crippen LogP contribution in [0.15, 0.2) is 12.5 Å². The topological polar surface area (TPSA) is 79.9 Å². The molecule has 0 fully saturated rings. The van der Waals surface area contributed by atoms with E-state index in [2.05, 4.69) is 21.1 Å². The molecule has 7 nitrogen and oxygen atoms in total. The van der Waals surface area contributed by atoms with Gasteiger partial charge in [0.25, 0.3) is 0 Å². The van der Waals surface area contributed by atoms with Crippen LogP contribution in [0.25, 0.3) is 11.0 Å². The molecule has 7 heteroatoms. The molecule has 100 valence electrons. The molecular formula is C12H16N6O. The maximum absolute atomic E-state index is 8.75. The molecule has 0 atom stereocenters. The van der Waals surface area contributed by atoms with E-state index in [1.165, 1.54) is 6.33 Å². The van der Waals surface area contributed by atoms with Crippen LogP contribution in [0.5, 0.6) is 0 Å². The molecule has 0 saturated heterocycles. The first-order chi connectivity index (χ1) is 9.27. The highest BCUT2D eigenvalue weighted by molar-refractivity contribution is 5.86. The standard InChI is InChI=1S/C12H16N6O/c1-17-11-10(8-16-17)12(15-9-14-11)18(5-3-4-13)6-7-19-2/h8-9H,3,5-7H2,1-2H3. The molecule has 0 aliphatic carbocycles. The van der Waals surface area contributed by atoms with E-state index < -0.39 is 0 Å². The number of methoxy groups -OCH3 is 1. The van der Waals surface area contributed by atoms with E-state index >= 15 is 0 Å². The molecule has 0 spiro atoms. The van der Waals surface area contributed by atoms with E-state index in [0.717, 1.165) is 16.9 Å². The van der Waals surface area contributed by atoms with Crippen molar-refractivity contribution < 1.29 is 4.74 Å². The van der Waals surface area contributed by atoms with Crippen molar-refractivity contribution in [3.63, 3.8) is 0 Å². The number of nitriles is 1. The fraction of sp³-hybridized carbons (Fsp3) is 0.500. The van der Waals surface area contributed by atoms with Crippen molar-refractivity contribution in [3.05, 3.63) is 12.5 Å². The monoisotopic (exact) mass is 260 g/mol. The summed E-state index contributed by atoms with van der Waals surface area (Å²) >= 11 is 0. The zero-order chi connectivity index (χ0) is 13.7. The van der Waals surface area contributed by atoms with Crippen LogP contribution in [0.4, 0.5) is 5.82 Å². The number of hydrogen-bond acceptors (Lipinski definition) is 6. The first-order valence-corrected chi connectivity index (χ1v) is 6.01. The lowest BCUT2D eigenvalue weighted by Gasteiger charge is -2.22. The van der Waals surface area contributed by atoms with Crippen molar-refractivity contribution in [1.29, 1.82) is 5.26 Å². The van der Waals surface area contributed by atoms with Crippen LogP contribution >= 0.6 is 0 Å². The Morgan fingerprint density at radius 3 is 3.00 bits per heavy atom. The second-order valence-corrected chi connectivity index (χ2v) is 4.09. The number of ether oxygens (including phenoxy) is 1. The maximum atomic E-state index is 8.75. The van der Waals surface area contributed by atoms with Gasteiger partial charge in [-0.25, -0.2) is 9.97 Å². The lowest BCUT2D eigenvalue weighted by atomic mass is 10.3. The van der Waals surface area contributed by atoms with Crippen molar-refractivity contribution >= 4 is 16.9 Å². The Morgan fingerprint density at radius 1 is 1.42 bits per heavy atom. The fourth-order valence-corrected chi connectivity index (χ4v) is 1.91. The molecule has 0 aliphatic heterocycles. The maximum Gasteiger partial charge on any atom is 0.163 e. The van der Waals surface area contributed by atoms with Crippen molar-refractivity contribution in [2.24, 2.45) is 7.05 Å². The quantitative estimate of drug-likeness (QED) is 0.761. The van der Waals surface area contributed by atoms with Crippen LogP contribution in [-0.4, -0.2) is 46.6 Å². The lowest BCUT2D eigenvalue weighted by molar-refractivity contribution is 0.205. The SMILES string of the molecule is COCCN(CCC#N)c1ncnc2c1cnn2C. The molecule has 2 aromatic heterocycles. The van der Waals surface area contributed by atoms with Gasteiger partial charge in [0.15, 0.2) is 5.65 Å². The molecule has 0 radical (unpaired) electrons. The number of aryl methyl sites for hydroxylation is 1. The summed E-state index contributed by atoms with van der Waals surface area (Å²) in [6.45, 7) is 1.87. The van der Waals surface area contributed by atoms with Crippen LogP contribution in [-0.2, 0) is 11.8 Å². The average molecular weight is 260 g/mol. The largest absolute Gasteiger partial charge is 0.383 e. The minimum Gasteiger partial charge on any atom is -0.383 e. The van der Waals surface area contributed by atoms with Crippen molar-refractivity contribution in [2.45, 2.75) is 6.42 Å². The molecule has 0 aliphatic rings. The van der Waals surface area contributed by atoms with Gasteiger partial charge in [-0.15, -0.1) is 0 Å². The first kappa shape index (κ1) is 13.2. The zero-order valence-electron chi connectivity index (χ0n) is 11.1. The van der Waals surface area contributed by atoms with E-state index in [4.69, 9.17) is 10.00 Å². The Labute approximate surface area is 111 Å². The molecule has 2 rings (SSSR count). The summed E-state index contributed by atoms with van der Waals surface area (Å²) < 4.78 is 6.81. The summed E-state index contributed by atoms with van der Waals surface area (Å²) in [5, 5.41) is 13.8. The summed E-state index contributed by atoms with van der Waals surface area (Å²) in [7, 11) is 3.50. The average Bonchev–Trinajstić information content (AvgIpc) is 2.81. The smallest absolute Gasteiger partial charge is 0.163 e. The minimum absolute atomic E-state index is 0.440. The summed E-state index contributed by atoms with van der Waals surface area (Å²) in [6, 6.07) is 2.15. The van der Waals surface area contributed by atoms with Gasteiger partial charge < -0.3 is 9.64 Å². The lowest BCUT2D eigenvalue weighted by Crippen LogP contribution is -2.29. The molecule has 2 aromatic rings. The van der Waals surface area contributed by atoms with Gasteiger partial charge in [-0.1, -0.05) is 0 Å². The van der Waals surface area contributed by atoms with E-state index in [1.54, 1.807) is 18.0 Å². The second kappa shape index (κ2) is 6.11. The van der Waals surface area contributed by atoms with Crippen molar-refractivity contribution in [2.75, 3.05) is 31.7 Å². The Balaban J connectivity index is 2.34. The summed E-state index contributed by atoms with van der Waals surface area (Å²) in [4.78, 5) is 10.6. The highest BCUT2D eigenvalue weighted by Gasteiger charge is 2.14. The van der Waals surface area contributed by atoms with E-state index in [-0.39, 0.29) is 0 Å². The second-order valence-electron chi connectivity index (χ2n) is 4.09. The van der Waals surface area contributed by atoms with Gasteiger partial charge in [0.05, 0.1) is 30.7 Å². The van der Waals surface area contributed by atoms with Crippen LogP contribution < -0.4 is 4.90 Å². The van der Waals surface area contributed by atoms with E-state index in [9.17, 15) is 0 Å². The van der Waals surface area contributed by atoms with Gasteiger partial charge in [-0.2, -0.15) is 10.4 Å². The normalized spacial score (nSPS) is 10.6. The van der Waals surface area contributed by atoms with E-state index in [1.807, 2.05) is 11.9 Å². The van der Waals surface area contributed by atoms with Gasteiger partial charge in [-0.05, 0) is 0 Å². The molecule has 0 bridgehead atoms. The third-order valence-corrected chi connectivity index (χ3v) is 2.87. The Hall–Kier alpha value is -2.20. The van der Waals surface area contributed by atoms with Crippen LogP contribution in [0.2, 0.25) is 0 Å². The minimum atomic E-state index is 0.440. The first-order valence-electron chi connectivity index (χ1n) is 6.01. The predicted octanol–water partition coefficient (Wildman–Crippen LogP) is 0.730. The van der Waals surface area contributed by atoms with Gasteiger partial charge >= 0.3 is 0 Å². The molecule has 2 heterocycles. The van der Waals surface area contributed by atoms with Gasteiger partial charge in [0.2, 0.25) is 0 Å². The number of nitrogens with zero attached hydrogens (tertiary/aromatic N) is 6. The number of fused-ring (bicyclic) bond motifs is 1. The Kier molecular flexibility index (Phi) is 4.26. The molecule has 19 heavy (non-hydrogen) atoms.